The summed E-state index contributed by atoms with van der Waals surface area (Å²) in [6, 6.07) is 13.7. The van der Waals surface area contributed by atoms with Crippen LogP contribution >= 0.6 is 11.3 Å². The largest absolute Gasteiger partial charge is 0.349 e. The maximum absolute atomic E-state index is 12.4. The fraction of sp³-hybridized carbons (Fsp3) is 0.235. The summed E-state index contributed by atoms with van der Waals surface area (Å²) < 4.78 is 1.38. The van der Waals surface area contributed by atoms with Gasteiger partial charge >= 0.3 is 0 Å². The van der Waals surface area contributed by atoms with Gasteiger partial charge in [-0.25, -0.2) is 0 Å². The Kier molecular flexibility index (Phi) is 4.52. The number of anilines is 1. The van der Waals surface area contributed by atoms with E-state index in [0.29, 0.717) is 18.3 Å². The number of carbonyl (C=O) groups excluding carboxylic acids is 1. The van der Waals surface area contributed by atoms with Crippen LogP contribution in [0.15, 0.2) is 47.8 Å². The lowest BCUT2D eigenvalue weighted by Gasteiger charge is -2.07. The predicted octanol–water partition coefficient (Wildman–Crippen LogP) is 3.91. The van der Waals surface area contributed by atoms with E-state index in [0.717, 1.165) is 5.56 Å². The number of aromatic nitrogens is 3. The molecule has 0 bridgehead atoms. The molecule has 0 saturated heterocycles. The summed E-state index contributed by atoms with van der Waals surface area (Å²) in [6.07, 6.45) is 0. The van der Waals surface area contributed by atoms with Gasteiger partial charge in [0, 0.05) is 16.4 Å². The topological polar surface area (TPSA) is 59.8 Å². The number of hydrogen-bond acceptors (Lipinski definition) is 5. The van der Waals surface area contributed by atoms with Gasteiger partial charge < -0.3 is 5.32 Å². The first-order valence-electron chi connectivity index (χ1n) is 7.48. The van der Waals surface area contributed by atoms with Crippen LogP contribution in [0.1, 0.15) is 23.5 Å². The van der Waals surface area contributed by atoms with Crippen molar-refractivity contribution in [2.24, 2.45) is 5.92 Å². The lowest BCUT2D eigenvalue weighted by molar-refractivity contribution is 0.0841. The number of nitrogens with zero attached hydrogens (tertiary/aromatic N) is 3. The molecule has 0 aliphatic heterocycles. The van der Waals surface area contributed by atoms with E-state index in [1.165, 1.54) is 9.56 Å². The molecule has 2 heterocycles. The van der Waals surface area contributed by atoms with E-state index in [4.69, 9.17) is 0 Å². The average Bonchev–Trinajstić information content (AvgIpc) is 3.22. The lowest BCUT2D eigenvalue weighted by Crippen LogP contribution is -2.21. The Labute approximate surface area is 139 Å². The van der Waals surface area contributed by atoms with E-state index < -0.39 is 0 Å². The van der Waals surface area contributed by atoms with Crippen LogP contribution < -0.4 is 5.32 Å². The number of thiophene rings is 1. The highest BCUT2D eigenvalue weighted by Crippen LogP contribution is 2.19. The zero-order valence-corrected chi connectivity index (χ0v) is 13.9. The summed E-state index contributed by atoms with van der Waals surface area (Å²) in [5.74, 6) is 0.806. The van der Waals surface area contributed by atoms with Crippen molar-refractivity contribution in [1.82, 2.24) is 14.8 Å². The second-order valence-corrected chi connectivity index (χ2v) is 6.49. The standard InChI is InChI=1S/C17H18N4OS/c1-12(2)16(22)21-17(18-11-14-9-6-10-23-14)19-15(20-21)13-7-4-3-5-8-13/h3-10,12H,11H2,1-2H3,(H,18,19,20). The summed E-state index contributed by atoms with van der Waals surface area (Å²) in [6.45, 7) is 4.33. The molecule has 0 spiro atoms. The normalized spacial score (nSPS) is 10.9. The van der Waals surface area contributed by atoms with Gasteiger partial charge in [-0.05, 0) is 11.4 Å². The second kappa shape index (κ2) is 6.75. The first kappa shape index (κ1) is 15.4. The minimum absolute atomic E-state index is 0.0756. The van der Waals surface area contributed by atoms with Crippen LogP contribution in [0.5, 0.6) is 0 Å². The van der Waals surface area contributed by atoms with Crippen LogP contribution in [-0.4, -0.2) is 20.7 Å². The fourth-order valence-electron chi connectivity index (χ4n) is 2.11. The molecule has 3 rings (SSSR count). The molecule has 0 radical (unpaired) electrons. The highest BCUT2D eigenvalue weighted by Gasteiger charge is 2.19. The van der Waals surface area contributed by atoms with Crippen LogP contribution in [0.25, 0.3) is 11.4 Å². The highest BCUT2D eigenvalue weighted by molar-refractivity contribution is 7.09. The minimum atomic E-state index is -0.150. The molecule has 0 aliphatic rings. The van der Waals surface area contributed by atoms with E-state index in [2.05, 4.69) is 15.4 Å². The Balaban J connectivity index is 1.92. The third-order valence-corrected chi connectivity index (χ3v) is 4.22. The summed E-state index contributed by atoms with van der Waals surface area (Å²) in [4.78, 5) is 18.1. The van der Waals surface area contributed by atoms with E-state index in [1.54, 1.807) is 11.3 Å². The molecular weight excluding hydrogens is 308 g/mol. The van der Waals surface area contributed by atoms with E-state index in [9.17, 15) is 4.79 Å². The van der Waals surface area contributed by atoms with Crippen molar-refractivity contribution in [3.63, 3.8) is 0 Å². The molecule has 2 aromatic heterocycles. The van der Waals surface area contributed by atoms with Gasteiger partial charge in [0.2, 0.25) is 5.95 Å². The van der Waals surface area contributed by atoms with Gasteiger partial charge in [0.05, 0.1) is 6.54 Å². The zero-order valence-electron chi connectivity index (χ0n) is 13.1. The van der Waals surface area contributed by atoms with Crippen molar-refractivity contribution in [1.29, 1.82) is 0 Å². The maximum atomic E-state index is 12.4. The van der Waals surface area contributed by atoms with Crippen LogP contribution in [0.2, 0.25) is 0 Å². The van der Waals surface area contributed by atoms with Gasteiger partial charge in [-0.15, -0.1) is 16.4 Å². The van der Waals surface area contributed by atoms with Crippen LogP contribution in [0.4, 0.5) is 5.95 Å². The molecule has 0 atom stereocenters. The third kappa shape index (κ3) is 3.48. The van der Waals surface area contributed by atoms with Crippen LogP contribution in [0.3, 0.4) is 0 Å². The molecule has 3 aromatic rings. The molecule has 118 valence electrons. The number of nitrogens with one attached hydrogen (secondary N) is 1. The number of rotatable bonds is 5. The van der Waals surface area contributed by atoms with Crippen molar-refractivity contribution < 1.29 is 4.79 Å². The molecule has 6 heteroatoms. The average molecular weight is 326 g/mol. The molecule has 0 saturated carbocycles. The first-order chi connectivity index (χ1) is 11.1. The molecule has 5 nitrogen and oxygen atoms in total. The van der Waals surface area contributed by atoms with Gasteiger partial charge in [-0.3, -0.25) is 4.79 Å². The molecule has 1 N–H and O–H groups in total. The molecular formula is C17H18N4OS. The molecule has 23 heavy (non-hydrogen) atoms. The fourth-order valence-corrected chi connectivity index (χ4v) is 2.76. The van der Waals surface area contributed by atoms with Crippen molar-refractivity contribution in [2.45, 2.75) is 20.4 Å². The van der Waals surface area contributed by atoms with Crippen molar-refractivity contribution in [3.05, 3.63) is 52.7 Å². The SMILES string of the molecule is CC(C)C(=O)n1nc(-c2ccccc2)nc1NCc1cccs1. The van der Waals surface area contributed by atoms with Gasteiger partial charge in [0.1, 0.15) is 0 Å². The monoisotopic (exact) mass is 326 g/mol. The van der Waals surface area contributed by atoms with E-state index >= 15 is 0 Å². The van der Waals surface area contributed by atoms with Crippen LogP contribution in [-0.2, 0) is 6.54 Å². The first-order valence-corrected chi connectivity index (χ1v) is 8.36. The summed E-state index contributed by atoms with van der Waals surface area (Å²) in [7, 11) is 0. The van der Waals surface area contributed by atoms with Gasteiger partial charge in [-0.1, -0.05) is 50.2 Å². The molecule has 1 aromatic carbocycles. The van der Waals surface area contributed by atoms with Crippen molar-refractivity contribution in [2.75, 3.05) is 5.32 Å². The summed E-state index contributed by atoms with van der Waals surface area (Å²) >= 11 is 1.66. The number of benzene rings is 1. The molecule has 0 amide bonds. The van der Waals surface area contributed by atoms with Gasteiger partial charge in [-0.2, -0.15) is 9.67 Å². The maximum Gasteiger partial charge on any atom is 0.252 e. The summed E-state index contributed by atoms with van der Waals surface area (Å²) in [5.41, 5.74) is 0.891. The molecule has 0 aliphatic carbocycles. The number of carbonyl (C=O) groups is 1. The van der Waals surface area contributed by atoms with Gasteiger partial charge in [0.15, 0.2) is 5.82 Å². The predicted molar refractivity (Wildman–Crippen MR) is 92.6 cm³/mol. The third-order valence-electron chi connectivity index (χ3n) is 3.34. The van der Waals surface area contributed by atoms with E-state index in [1.807, 2.05) is 61.7 Å². The lowest BCUT2D eigenvalue weighted by atomic mass is 10.2. The van der Waals surface area contributed by atoms with E-state index in [-0.39, 0.29) is 11.8 Å². The highest BCUT2D eigenvalue weighted by atomic mass is 32.1. The second-order valence-electron chi connectivity index (χ2n) is 5.46. The Morgan fingerprint density at radius 2 is 2.00 bits per heavy atom. The minimum Gasteiger partial charge on any atom is -0.349 e. The van der Waals surface area contributed by atoms with Gasteiger partial charge in [0.25, 0.3) is 5.91 Å². The Morgan fingerprint density at radius 3 is 2.65 bits per heavy atom. The Bertz CT molecular complexity index is 778. The zero-order chi connectivity index (χ0) is 16.2. The molecule has 0 unspecified atom stereocenters. The summed E-state index contributed by atoms with van der Waals surface area (Å²) in [5, 5.41) is 9.64. The molecule has 0 fully saturated rings. The van der Waals surface area contributed by atoms with Crippen LogP contribution in [0, 0.1) is 5.92 Å². The smallest absolute Gasteiger partial charge is 0.252 e. The Morgan fingerprint density at radius 1 is 1.22 bits per heavy atom. The Hall–Kier alpha value is -2.47. The van der Waals surface area contributed by atoms with Crippen molar-refractivity contribution >= 4 is 23.2 Å². The number of hydrogen-bond donors (Lipinski definition) is 1. The van der Waals surface area contributed by atoms with Crippen molar-refractivity contribution in [3.8, 4) is 11.4 Å². The quantitative estimate of drug-likeness (QED) is 0.772.